The summed E-state index contributed by atoms with van der Waals surface area (Å²) in [5.41, 5.74) is 1.26. The van der Waals surface area contributed by atoms with E-state index in [0.29, 0.717) is 0 Å². The van der Waals surface area contributed by atoms with Gasteiger partial charge in [0.1, 0.15) is 0 Å². The Kier molecular flexibility index (Phi) is 4.58. The Morgan fingerprint density at radius 3 is 2.28 bits per heavy atom. The highest BCUT2D eigenvalue weighted by Crippen LogP contribution is 2.29. The van der Waals surface area contributed by atoms with Gasteiger partial charge in [-0.3, -0.25) is 4.84 Å². The topological polar surface area (TPSA) is 21.3 Å². The van der Waals surface area contributed by atoms with Crippen molar-refractivity contribution in [2.24, 2.45) is 0 Å². The number of hydrogen-bond donors (Lipinski definition) is 1. The van der Waals surface area contributed by atoms with Crippen LogP contribution < -0.4 is 5.48 Å². The largest absolute Gasteiger partial charge is 0.416 e. The molecular formula is C10H9F6NO. The number of alkyl halides is 6. The predicted octanol–water partition coefficient (Wildman–Crippen LogP) is 3.29. The van der Waals surface area contributed by atoms with Crippen LogP contribution in [0.5, 0.6) is 0 Å². The van der Waals surface area contributed by atoms with Gasteiger partial charge in [0.15, 0.2) is 6.61 Å². The van der Waals surface area contributed by atoms with Gasteiger partial charge in [-0.15, -0.1) is 0 Å². The molecule has 102 valence electrons. The van der Waals surface area contributed by atoms with Crippen LogP contribution in [0.2, 0.25) is 0 Å². The zero-order chi connectivity index (χ0) is 13.8. The third kappa shape index (κ3) is 5.37. The molecule has 0 aliphatic rings. The first-order valence-electron chi connectivity index (χ1n) is 4.76. The average molecular weight is 273 g/mol. The minimum atomic E-state index is -4.49. The second-order valence-electron chi connectivity index (χ2n) is 3.42. The molecule has 0 fully saturated rings. The Balaban J connectivity index is 2.49. The summed E-state index contributed by atoms with van der Waals surface area (Å²) in [5.74, 6) is 0. The zero-order valence-corrected chi connectivity index (χ0v) is 8.90. The van der Waals surface area contributed by atoms with Gasteiger partial charge < -0.3 is 0 Å². The van der Waals surface area contributed by atoms with E-state index < -0.39 is 24.5 Å². The molecule has 0 bridgehead atoms. The van der Waals surface area contributed by atoms with Gasteiger partial charge in [0.25, 0.3) is 0 Å². The Hall–Kier alpha value is -1.28. The first-order chi connectivity index (χ1) is 8.18. The fourth-order valence-corrected chi connectivity index (χ4v) is 1.12. The van der Waals surface area contributed by atoms with E-state index in [1.165, 1.54) is 12.1 Å². The van der Waals surface area contributed by atoms with Crippen molar-refractivity contribution >= 4 is 0 Å². The molecule has 8 heteroatoms. The third-order valence-corrected chi connectivity index (χ3v) is 1.87. The zero-order valence-electron chi connectivity index (χ0n) is 8.90. The molecule has 0 aliphatic carbocycles. The van der Waals surface area contributed by atoms with Crippen LogP contribution in [0.15, 0.2) is 24.3 Å². The molecule has 0 radical (unpaired) electrons. The quantitative estimate of drug-likeness (QED) is 0.516. The van der Waals surface area contributed by atoms with Crippen LogP contribution in [0.1, 0.15) is 11.1 Å². The number of nitrogens with one attached hydrogen (secondary N) is 1. The summed E-state index contributed by atoms with van der Waals surface area (Å²) >= 11 is 0. The van der Waals surface area contributed by atoms with Crippen molar-refractivity contribution in [1.82, 2.24) is 5.48 Å². The normalized spacial score (nSPS) is 12.8. The highest BCUT2D eigenvalue weighted by atomic mass is 19.4. The lowest BCUT2D eigenvalue weighted by Gasteiger charge is -2.10. The molecule has 0 atom stereocenters. The van der Waals surface area contributed by atoms with Crippen molar-refractivity contribution in [2.45, 2.75) is 18.9 Å². The smallest absolute Gasteiger partial charge is 0.292 e. The molecule has 0 aromatic heterocycles. The molecule has 1 N–H and O–H groups in total. The second-order valence-corrected chi connectivity index (χ2v) is 3.42. The maximum atomic E-state index is 12.3. The molecule has 1 rings (SSSR count). The van der Waals surface area contributed by atoms with Gasteiger partial charge in [-0.1, -0.05) is 18.2 Å². The lowest BCUT2D eigenvalue weighted by molar-refractivity contribution is -0.190. The van der Waals surface area contributed by atoms with E-state index in [-0.39, 0.29) is 12.1 Å². The number of hydroxylamine groups is 1. The minimum absolute atomic E-state index is 0.173. The summed E-state index contributed by atoms with van der Waals surface area (Å²) in [4.78, 5) is 4.07. The molecule has 0 unspecified atom stereocenters. The third-order valence-electron chi connectivity index (χ3n) is 1.87. The first-order valence-corrected chi connectivity index (χ1v) is 4.76. The van der Waals surface area contributed by atoms with Gasteiger partial charge in [0.2, 0.25) is 0 Å². The lowest BCUT2D eigenvalue weighted by Crippen LogP contribution is -2.24. The van der Waals surface area contributed by atoms with Crippen molar-refractivity contribution in [3.63, 3.8) is 0 Å². The van der Waals surface area contributed by atoms with Crippen LogP contribution in [0.3, 0.4) is 0 Å². The van der Waals surface area contributed by atoms with Gasteiger partial charge in [-0.05, 0) is 11.6 Å². The van der Waals surface area contributed by atoms with Crippen molar-refractivity contribution in [3.05, 3.63) is 35.4 Å². The molecule has 1 aromatic carbocycles. The predicted molar refractivity (Wildman–Crippen MR) is 50.3 cm³/mol. The molecular weight excluding hydrogens is 264 g/mol. The van der Waals surface area contributed by atoms with Crippen molar-refractivity contribution in [1.29, 1.82) is 0 Å². The molecule has 0 saturated carbocycles. The van der Waals surface area contributed by atoms with E-state index in [2.05, 4.69) is 4.84 Å². The van der Waals surface area contributed by atoms with Crippen molar-refractivity contribution < 1.29 is 31.2 Å². The number of benzene rings is 1. The summed E-state index contributed by atoms with van der Waals surface area (Å²) in [5, 5.41) is 0. The fourth-order valence-electron chi connectivity index (χ4n) is 1.12. The summed E-state index contributed by atoms with van der Waals surface area (Å²) in [6.45, 7) is -1.76. The Morgan fingerprint density at radius 1 is 1.06 bits per heavy atom. The van der Waals surface area contributed by atoms with Gasteiger partial charge >= 0.3 is 12.4 Å². The maximum absolute atomic E-state index is 12.3. The summed E-state index contributed by atoms with van der Waals surface area (Å²) in [6, 6.07) is 4.23. The lowest BCUT2D eigenvalue weighted by atomic mass is 10.1. The van der Waals surface area contributed by atoms with Gasteiger partial charge in [0, 0.05) is 6.54 Å². The fraction of sp³-hybridized carbons (Fsp3) is 0.400. The van der Waals surface area contributed by atoms with Crippen LogP contribution in [0.25, 0.3) is 0 Å². The molecule has 0 heterocycles. The summed E-state index contributed by atoms with van der Waals surface area (Å²) in [6.07, 6.45) is -8.97. The van der Waals surface area contributed by atoms with Crippen LogP contribution in [0.4, 0.5) is 26.3 Å². The number of rotatable bonds is 4. The Morgan fingerprint density at radius 2 is 1.72 bits per heavy atom. The summed E-state index contributed by atoms with van der Waals surface area (Å²) in [7, 11) is 0. The summed E-state index contributed by atoms with van der Waals surface area (Å²) < 4.78 is 72.0. The van der Waals surface area contributed by atoms with Crippen molar-refractivity contribution in [3.8, 4) is 0 Å². The average Bonchev–Trinajstić information content (AvgIpc) is 2.22. The molecule has 0 amide bonds. The number of halogens is 6. The molecule has 1 aromatic rings. The molecule has 2 nitrogen and oxygen atoms in total. The molecule has 0 saturated heterocycles. The SMILES string of the molecule is FC(F)(F)CONCc1cccc(C(F)(F)F)c1. The van der Waals surface area contributed by atoms with Crippen LogP contribution in [-0.2, 0) is 17.6 Å². The van der Waals surface area contributed by atoms with Gasteiger partial charge in [-0.2, -0.15) is 31.8 Å². The van der Waals surface area contributed by atoms with E-state index in [1.807, 2.05) is 5.48 Å². The standard InChI is InChI=1S/C10H9F6NO/c11-9(12,13)6-18-17-5-7-2-1-3-8(4-7)10(14,15)16/h1-4,17H,5-6H2. The molecule has 0 spiro atoms. The van der Waals surface area contributed by atoms with E-state index in [0.717, 1.165) is 12.1 Å². The minimum Gasteiger partial charge on any atom is -0.292 e. The van der Waals surface area contributed by atoms with Gasteiger partial charge in [-0.25, -0.2) is 0 Å². The number of hydrogen-bond acceptors (Lipinski definition) is 2. The van der Waals surface area contributed by atoms with E-state index in [1.54, 1.807) is 0 Å². The van der Waals surface area contributed by atoms with E-state index in [4.69, 9.17) is 0 Å². The maximum Gasteiger partial charge on any atom is 0.416 e. The highest BCUT2D eigenvalue weighted by molar-refractivity contribution is 5.25. The van der Waals surface area contributed by atoms with E-state index >= 15 is 0 Å². The van der Waals surface area contributed by atoms with Crippen LogP contribution >= 0.6 is 0 Å². The van der Waals surface area contributed by atoms with Crippen LogP contribution in [0, 0.1) is 0 Å². The Bertz CT molecular complexity index is 387. The Labute approximate surface area is 98.5 Å². The second kappa shape index (κ2) is 5.57. The molecule has 0 aliphatic heterocycles. The highest BCUT2D eigenvalue weighted by Gasteiger charge is 2.30. The van der Waals surface area contributed by atoms with Crippen molar-refractivity contribution in [2.75, 3.05) is 6.61 Å². The monoisotopic (exact) mass is 273 g/mol. The first kappa shape index (κ1) is 14.8. The van der Waals surface area contributed by atoms with E-state index in [9.17, 15) is 26.3 Å². The molecule has 18 heavy (non-hydrogen) atoms. The van der Waals surface area contributed by atoms with Gasteiger partial charge in [0.05, 0.1) is 5.56 Å². The van der Waals surface area contributed by atoms with Crippen LogP contribution in [-0.4, -0.2) is 12.8 Å².